The number of hydrogen-bond acceptors (Lipinski definition) is 4. The van der Waals surface area contributed by atoms with Gasteiger partial charge < -0.3 is 19.4 Å². The van der Waals surface area contributed by atoms with E-state index in [9.17, 15) is 14.4 Å². The third-order valence-electron chi connectivity index (χ3n) is 6.25. The normalized spacial score (nSPS) is 25.0. The number of benzene rings is 1. The Labute approximate surface area is 171 Å². The quantitative estimate of drug-likeness (QED) is 0.769. The molecular weight excluding hydrogens is 370 g/mol. The molecule has 0 bridgehead atoms. The van der Waals surface area contributed by atoms with E-state index in [0.29, 0.717) is 39.3 Å². The number of nitrogens with zero attached hydrogens (tertiary/aromatic N) is 3. The summed E-state index contributed by atoms with van der Waals surface area (Å²) < 4.78 is 5.49. The Bertz CT molecular complexity index is 782. The number of carbonyl (C=O) groups excluding carboxylic acids is 3. The van der Waals surface area contributed by atoms with Gasteiger partial charge in [0.2, 0.25) is 11.8 Å². The molecule has 4 rings (SSSR count). The minimum atomic E-state index is -0.312. The van der Waals surface area contributed by atoms with Crippen LogP contribution in [-0.2, 0) is 25.5 Å². The van der Waals surface area contributed by atoms with Crippen LogP contribution in [0.15, 0.2) is 24.3 Å². The van der Waals surface area contributed by atoms with Gasteiger partial charge in [0.05, 0.1) is 5.92 Å². The summed E-state index contributed by atoms with van der Waals surface area (Å²) >= 11 is 0. The van der Waals surface area contributed by atoms with Crippen LogP contribution in [0.4, 0.5) is 5.69 Å². The van der Waals surface area contributed by atoms with Crippen LogP contribution in [0.3, 0.4) is 0 Å². The molecule has 0 saturated carbocycles. The fraction of sp³-hybridized carbons (Fsp3) is 0.591. The van der Waals surface area contributed by atoms with Crippen LogP contribution in [0, 0.1) is 5.92 Å². The Hall–Kier alpha value is -2.41. The second-order valence-electron chi connectivity index (χ2n) is 8.04. The zero-order chi connectivity index (χ0) is 20.4. The lowest BCUT2D eigenvalue weighted by molar-refractivity contribution is -0.147. The minimum Gasteiger partial charge on any atom is -0.368 e. The molecule has 3 aliphatic heterocycles. The van der Waals surface area contributed by atoms with Crippen LogP contribution in [0.5, 0.6) is 0 Å². The molecule has 0 radical (unpaired) electrons. The molecular formula is C22H29N3O4. The van der Waals surface area contributed by atoms with Crippen LogP contribution in [-0.4, -0.2) is 73.0 Å². The molecule has 29 heavy (non-hydrogen) atoms. The van der Waals surface area contributed by atoms with Gasteiger partial charge in [0.15, 0.2) is 0 Å². The van der Waals surface area contributed by atoms with Crippen molar-refractivity contribution in [1.82, 2.24) is 9.80 Å². The van der Waals surface area contributed by atoms with E-state index < -0.39 is 0 Å². The van der Waals surface area contributed by atoms with Gasteiger partial charge in [-0.25, -0.2) is 0 Å². The van der Waals surface area contributed by atoms with Crippen molar-refractivity contribution in [2.24, 2.45) is 5.92 Å². The molecule has 0 spiro atoms. The van der Waals surface area contributed by atoms with Crippen LogP contribution in [0.2, 0.25) is 0 Å². The second kappa shape index (κ2) is 8.53. The fourth-order valence-electron chi connectivity index (χ4n) is 4.56. The zero-order valence-corrected chi connectivity index (χ0v) is 17.0. The SMILES string of the molecule is CCc1ccccc1N1CC(C(=O)N2CCN(C(=O)C3CCCO3)CC2)CC1=O. The molecule has 7 nitrogen and oxygen atoms in total. The molecule has 0 aliphatic carbocycles. The van der Waals surface area contributed by atoms with Crippen molar-refractivity contribution in [3.05, 3.63) is 29.8 Å². The zero-order valence-electron chi connectivity index (χ0n) is 17.0. The van der Waals surface area contributed by atoms with Gasteiger partial charge in [-0.3, -0.25) is 14.4 Å². The van der Waals surface area contributed by atoms with E-state index in [-0.39, 0.29) is 36.2 Å². The van der Waals surface area contributed by atoms with Crippen molar-refractivity contribution in [1.29, 1.82) is 0 Å². The molecule has 3 fully saturated rings. The van der Waals surface area contributed by atoms with Crippen molar-refractivity contribution >= 4 is 23.4 Å². The second-order valence-corrected chi connectivity index (χ2v) is 8.04. The maximum Gasteiger partial charge on any atom is 0.251 e. The molecule has 3 saturated heterocycles. The van der Waals surface area contributed by atoms with Gasteiger partial charge in [-0.2, -0.15) is 0 Å². The maximum absolute atomic E-state index is 13.0. The molecule has 3 aliphatic rings. The molecule has 0 N–H and O–H groups in total. The van der Waals surface area contributed by atoms with Gasteiger partial charge in [-0.1, -0.05) is 25.1 Å². The Morgan fingerprint density at radius 1 is 1.07 bits per heavy atom. The van der Waals surface area contributed by atoms with Gasteiger partial charge in [0, 0.05) is 51.4 Å². The van der Waals surface area contributed by atoms with E-state index >= 15 is 0 Å². The number of hydrogen-bond donors (Lipinski definition) is 0. The Morgan fingerprint density at radius 2 is 1.76 bits per heavy atom. The van der Waals surface area contributed by atoms with Crippen LogP contribution in [0.25, 0.3) is 0 Å². The smallest absolute Gasteiger partial charge is 0.251 e. The lowest BCUT2D eigenvalue weighted by atomic mass is 10.1. The number of piperazine rings is 1. The highest BCUT2D eigenvalue weighted by atomic mass is 16.5. The molecule has 0 aromatic heterocycles. The summed E-state index contributed by atoms with van der Waals surface area (Å²) in [4.78, 5) is 43.5. The minimum absolute atomic E-state index is 0.0106. The molecule has 7 heteroatoms. The van der Waals surface area contributed by atoms with Gasteiger partial charge in [-0.05, 0) is 30.9 Å². The predicted octanol–water partition coefficient (Wildman–Crippen LogP) is 1.45. The van der Waals surface area contributed by atoms with Gasteiger partial charge in [0.25, 0.3) is 5.91 Å². The van der Waals surface area contributed by atoms with Crippen LogP contribution in [0.1, 0.15) is 31.7 Å². The average molecular weight is 399 g/mol. The third-order valence-corrected chi connectivity index (χ3v) is 6.25. The Balaban J connectivity index is 1.35. The van der Waals surface area contributed by atoms with Crippen molar-refractivity contribution in [3.63, 3.8) is 0 Å². The largest absolute Gasteiger partial charge is 0.368 e. The highest BCUT2D eigenvalue weighted by Crippen LogP contribution is 2.29. The number of para-hydroxylation sites is 1. The van der Waals surface area contributed by atoms with Gasteiger partial charge in [0.1, 0.15) is 6.10 Å². The third kappa shape index (κ3) is 4.01. The first-order valence-corrected chi connectivity index (χ1v) is 10.7. The van der Waals surface area contributed by atoms with Crippen molar-refractivity contribution in [3.8, 4) is 0 Å². The highest BCUT2D eigenvalue weighted by Gasteiger charge is 2.39. The van der Waals surface area contributed by atoms with E-state index in [0.717, 1.165) is 30.5 Å². The summed E-state index contributed by atoms with van der Waals surface area (Å²) in [5.41, 5.74) is 2.04. The lowest BCUT2D eigenvalue weighted by Crippen LogP contribution is -2.54. The number of aryl methyl sites for hydroxylation is 1. The number of ether oxygens (including phenoxy) is 1. The first kappa shape index (κ1) is 19.9. The standard InChI is InChI=1S/C22H29N3O4/c1-2-16-6-3-4-7-18(16)25-15-17(14-20(25)26)21(27)23-9-11-24(12-10-23)22(28)19-8-5-13-29-19/h3-4,6-7,17,19H,2,5,8-15H2,1H3. The highest BCUT2D eigenvalue weighted by molar-refractivity contribution is 6.00. The van der Waals surface area contributed by atoms with Crippen molar-refractivity contribution in [2.75, 3.05) is 44.2 Å². The monoisotopic (exact) mass is 399 g/mol. The first-order chi connectivity index (χ1) is 14.1. The summed E-state index contributed by atoms with van der Waals surface area (Å²) in [6, 6.07) is 7.89. The molecule has 1 aromatic rings. The Kier molecular flexibility index (Phi) is 5.85. The summed E-state index contributed by atoms with van der Waals surface area (Å²) in [6.07, 6.45) is 2.52. The van der Waals surface area contributed by atoms with Crippen LogP contribution < -0.4 is 4.90 Å². The number of anilines is 1. The van der Waals surface area contributed by atoms with E-state index in [1.165, 1.54) is 0 Å². The number of rotatable bonds is 4. The predicted molar refractivity (Wildman–Crippen MR) is 108 cm³/mol. The van der Waals surface area contributed by atoms with Gasteiger partial charge in [-0.15, -0.1) is 0 Å². The molecule has 3 heterocycles. The first-order valence-electron chi connectivity index (χ1n) is 10.7. The Morgan fingerprint density at radius 3 is 2.41 bits per heavy atom. The fourth-order valence-corrected chi connectivity index (χ4v) is 4.56. The molecule has 156 valence electrons. The lowest BCUT2D eigenvalue weighted by Gasteiger charge is -2.36. The summed E-state index contributed by atoms with van der Waals surface area (Å²) in [5.74, 6) is -0.226. The summed E-state index contributed by atoms with van der Waals surface area (Å²) in [5, 5.41) is 0. The topological polar surface area (TPSA) is 70.2 Å². The van der Waals surface area contributed by atoms with Gasteiger partial charge >= 0.3 is 0 Å². The summed E-state index contributed by atoms with van der Waals surface area (Å²) in [6.45, 7) is 5.27. The van der Waals surface area contributed by atoms with Crippen molar-refractivity contribution < 1.29 is 19.1 Å². The summed E-state index contributed by atoms with van der Waals surface area (Å²) in [7, 11) is 0. The van der Waals surface area contributed by atoms with Crippen LogP contribution >= 0.6 is 0 Å². The number of carbonyl (C=O) groups is 3. The van der Waals surface area contributed by atoms with E-state index in [4.69, 9.17) is 4.74 Å². The molecule has 2 atom stereocenters. The maximum atomic E-state index is 13.0. The molecule has 3 amide bonds. The molecule has 2 unspecified atom stereocenters. The number of amides is 3. The van der Waals surface area contributed by atoms with Crippen molar-refractivity contribution in [2.45, 2.75) is 38.7 Å². The molecule has 1 aromatic carbocycles. The van der Waals surface area contributed by atoms with E-state index in [1.807, 2.05) is 34.1 Å². The van der Waals surface area contributed by atoms with E-state index in [2.05, 4.69) is 6.92 Å². The van der Waals surface area contributed by atoms with E-state index in [1.54, 1.807) is 4.90 Å². The average Bonchev–Trinajstić information content (AvgIpc) is 3.43.